The molecule has 0 aliphatic carbocycles. The normalized spacial score (nSPS) is 26.5. The van der Waals surface area contributed by atoms with E-state index in [1.807, 2.05) is 0 Å². The van der Waals surface area contributed by atoms with E-state index in [-0.39, 0.29) is 22.3 Å². The molecule has 230 valence electrons. The molecule has 12 nitrogen and oxygen atoms in total. The fourth-order valence-electron chi connectivity index (χ4n) is 5.22. The monoisotopic (exact) mass is 590 g/mol. The van der Waals surface area contributed by atoms with Crippen LogP contribution in [0.4, 0.5) is 0 Å². The first-order valence-electron chi connectivity index (χ1n) is 15.0. The maximum Gasteiger partial charge on any atom is 0.341 e. The maximum atomic E-state index is 13.4. The highest BCUT2D eigenvalue weighted by molar-refractivity contribution is 6.10. The molecular weight excluding hydrogens is 552 g/mol. The fourth-order valence-corrected chi connectivity index (χ4v) is 5.22. The Morgan fingerprint density at radius 3 is 0.857 bits per heavy atom. The largest absolute Gasteiger partial charge is 0.432 e. The van der Waals surface area contributed by atoms with Gasteiger partial charge in [0.2, 0.25) is 25.2 Å². The van der Waals surface area contributed by atoms with Gasteiger partial charge in [0, 0.05) is 25.7 Å². The Morgan fingerprint density at radius 1 is 0.429 bits per heavy atom. The van der Waals surface area contributed by atoms with Crippen molar-refractivity contribution < 1.29 is 57.1 Å². The molecule has 0 N–H and O–H groups in total. The van der Waals surface area contributed by atoms with Gasteiger partial charge in [-0.25, -0.2) is 19.2 Å². The lowest BCUT2D eigenvalue weighted by molar-refractivity contribution is -0.133. The van der Waals surface area contributed by atoms with Crippen LogP contribution < -0.4 is 0 Å². The topological polar surface area (TPSA) is 142 Å². The number of carbonyl (C=O) groups is 4. The maximum absolute atomic E-state index is 13.4. The van der Waals surface area contributed by atoms with Crippen LogP contribution in [0.5, 0.6) is 0 Å². The summed E-state index contributed by atoms with van der Waals surface area (Å²) in [6.45, 7) is 1.72. The van der Waals surface area contributed by atoms with Gasteiger partial charge in [-0.3, -0.25) is 0 Å². The summed E-state index contributed by atoms with van der Waals surface area (Å²) in [4.78, 5) is 53.8. The molecule has 4 atom stereocenters. The predicted octanol–water partition coefficient (Wildman–Crippen LogP) is 4.42. The minimum absolute atomic E-state index is 0.271. The number of ether oxygens (including phenoxy) is 8. The molecule has 5 rings (SSSR count). The molecule has 0 spiro atoms. The zero-order chi connectivity index (χ0) is 29.3. The van der Waals surface area contributed by atoms with Gasteiger partial charge in [0.05, 0.1) is 48.7 Å². The van der Waals surface area contributed by atoms with Gasteiger partial charge in [0.15, 0.2) is 0 Å². The van der Waals surface area contributed by atoms with Crippen molar-refractivity contribution in [3.05, 3.63) is 34.4 Å². The van der Waals surface area contributed by atoms with Crippen molar-refractivity contribution in [1.29, 1.82) is 0 Å². The van der Waals surface area contributed by atoms with Crippen molar-refractivity contribution in [2.45, 2.75) is 102 Å². The highest BCUT2D eigenvalue weighted by atomic mass is 16.7. The standard InChI is InChI=1S/C30H38O12/c31-27(39-23-9-1-5-13-35-23)19-17-21(29(33)41-25-11-3-7-15-37-25)22(30(34)42-26-12-4-8-16-38-26)18-20(19)28(32)40-24-10-2-6-14-36-24/h17-18,23-26H,1-16H2. The van der Waals surface area contributed by atoms with Crippen LogP contribution in [0.2, 0.25) is 0 Å². The van der Waals surface area contributed by atoms with Crippen LogP contribution in [0, 0.1) is 0 Å². The van der Waals surface area contributed by atoms with E-state index in [9.17, 15) is 19.2 Å². The van der Waals surface area contributed by atoms with E-state index in [0.29, 0.717) is 52.1 Å². The first-order valence-corrected chi connectivity index (χ1v) is 15.0. The summed E-state index contributed by atoms with van der Waals surface area (Å²) in [5, 5.41) is 0. The van der Waals surface area contributed by atoms with E-state index in [1.54, 1.807) is 0 Å². The van der Waals surface area contributed by atoms with E-state index in [2.05, 4.69) is 0 Å². The van der Waals surface area contributed by atoms with Crippen molar-refractivity contribution in [2.24, 2.45) is 0 Å². The Balaban J connectivity index is 1.49. The molecule has 0 saturated carbocycles. The lowest BCUT2D eigenvalue weighted by atomic mass is 9.97. The molecule has 1 aromatic carbocycles. The number of carbonyl (C=O) groups excluding carboxylic acids is 4. The molecule has 12 heteroatoms. The molecule has 4 heterocycles. The highest BCUT2D eigenvalue weighted by Crippen LogP contribution is 2.27. The van der Waals surface area contributed by atoms with Gasteiger partial charge in [-0.2, -0.15) is 0 Å². The van der Waals surface area contributed by atoms with E-state index < -0.39 is 49.0 Å². The van der Waals surface area contributed by atoms with Crippen molar-refractivity contribution in [1.82, 2.24) is 0 Å². The number of hydrogen-bond donors (Lipinski definition) is 0. The molecule has 0 radical (unpaired) electrons. The van der Waals surface area contributed by atoms with Crippen LogP contribution in [0.1, 0.15) is 118 Å². The zero-order valence-corrected chi connectivity index (χ0v) is 23.7. The van der Waals surface area contributed by atoms with E-state index in [1.165, 1.54) is 0 Å². The number of hydrogen-bond acceptors (Lipinski definition) is 12. The van der Waals surface area contributed by atoms with Crippen molar-refractivity contribution in [2.75, 3.05) is 26.4 Å². The minimum Gasteiger partial charge on any atom is -0.432 e. The smallest absolute Gasteiger partial charge is 0.341 e. The second kappa shape index (κ2) is 14.9. The Kier molecular flexibility index (Phi) is 10.8. The molecule has 0 aromatic heterocycles. The third-order valence-electron chi connectivity index (χ3n) is 7.54. The van der Waals surface area contributed by atoms with Gasteiger partial charge in [0.1, 0.15) is 0 Å². The summed E-state index contributed by atoms with van der Waals surface area (Å²) in [5.41, 5.74) is -1.09. The fraction of sp³-hybridized carbons (Fsp3) is 0.667. The molecule has 0 bridgehead atoms. The third kappa shape index (κ3) is 8.06. The van der Waals surface area contributed by atoms with Gasteiger partial charge < -0.3 is 37.9 Å². The number of esters is 4. The lowest BCUT2D eigenvalue weighted by Crippen LogP contribution is -2.31. The second-order valence-corrected chi connectivity index (χ2v) is 10.7. The Bertz CT molecular complexity index is 939. The zero-order valence-electron chi connectivity index (χ0n) is 23.7. The molecule has 1 aromatic rings. The van der Waals surface area contributed by atoms with Crippen molar-refractivity contribution in [3.8, 4) is 0 Å². The Hall–Kier alpha value is -3.06. The summed E-state index contributed by atoms with van der Waals surface area (Å²) in [5.74, 6) is -3.62. The predicted molar refractivity (Wildman–Crippen MR) is 142 cm³/mol. The number of benzene rings is 1. The summed E-state index contributed by atoms with van der Waals surface area (Å²) in [6, 6.07) is 2.24. The van der Waals surface area contributed by atoms with E-state index in [4.69, 9.17) is 37.9 Å². The van der Waals surface area contributed by atoms with Crippen LogP contribution in [-0.4, -0.2) is 75.5 Å². The molecule has 4 aliphatic rings. The van der Waals surface area contributed by atoms with Crippen LogP contribution in [0.25, 0.3) is 0 Å². The Labute approximate surface area is 244 Å². The average Bonchev–Trinajstić information content (AvgIpc) is 3.02. The quantitative estimate of drug-likeness (QED) is 0.312. The van der Waals surface area contributed by atoms with Gasteiger partial charge in [0.25, 0.3) is 0 Å². The molecule has 4 aliphatic heterocycles. The molecule has 4 unspecified atom stereocenters. The summed E-state index contributed by atoms with van der Waals surface area (Å²) >= 11 is 0. The summed E-state index contributed by atoms with van der Waals surface area (Å²) < 4.78 is 44.4. The van der Waals surface area contributed by atoms with Gasteiger partial charge in [-0.05, 0) is 63.5 Å². The molecule has 42 heavy (non-hydrogen) atoms. The lowest BCUT2D eigenvalue weighted by Gasteiger charge is -2.26. The van der Waals surface area contributed by atoms with Crippen LogP contribution in [0.15, 0.2) is 12.1 Å². The molecule has 4 saturated heterocycles. The summed E-state index contributed by atoms with van der Waals surface area (Å²) in [7, 11) is 0. The SMILES string of the molecule is O=C(OC1CCCCO1)c1cc(C(=O)OC2CCCCO2)c(C(=O)OC2CCCCO2)cc1C(=O)OC1CCCCO1. The van der Waals surface area contributed by atoms with Gasteiger partial charge >= 0.3 is 23.9 Å². The molecule has 0 amide bonds. The number of rotatable bonds is 8. The van der Waals surface area contributed by atoms with Gasteiger partial charge in [-0.1, -0.05) is 0 Å². The second-order valence-electron chi connectivity index (χ2n) is 10.7. The van der Waals surface area contributed by atoms with Crippen LogP contribution in [-0.2, 0) is 37.9 Å². The van der Waals surface area contributed by atoms with E-state index in [0.717, 1.165) is 63.5 Å². The van der Waals surface area contributed by atoms with Crippen molar-refractivity contribution >= 4 is 23.9 Å². The van der Waals surface area contributed by atoms with Crippen LogP contribution in [0.3, 0.4) is 0 Å². The van der Waals surface area contributed by atoms with Crippen LogP contribution >= 0.6 is 0 Å². The van der Waals surface area contributed by atoms with Crippen molar-refractivity contribution in [3.63, 3.8) is 0 Å². The summed E-state index contributed by atoms with van der Waals surface area (Å²) in [6.07, 6.45) is 5.29. The van der Waals surface area contributed by atoms with Gasteiger partial charge in [-0.15, -0.1) is 0 Å². The first-order chi connectivity index (χ1) is 20.5. The third-order valence-corrected chi connectivity index (χ3v) is 7.54. The van der Waals surface area contributed by atoms with E-state index >= 15 is 0 Å². The highest BCUT2D eigenvalue weighted by Gasteiger charge is 2.33. The minimum atomic E-state index is -0.906. The Morgan fingerprint density at radius 2 is 0.667 bits per heavy atom. The molecule has 4 fully saturated rings. The average molecular weight is 591 g/mol. The molecular formula is C30H38O12. The first kappa shape index (κ1) is 30.4.